The largest absolute Gasteiger partial charge is 0.493 e. The molecule has 5 nitrogen and oxygen atoms in total. The van der Waals surface area contributed by atoms with Crippen LogP contribution in [0, 0.1) is 5.41 Å². The minimum Gasteiger partial charge on any atom is -0.493 e. The van der Waals surface area contributed by atoms with E-state index < -0.39 is 11.4 Å². The molecule has 2 atom stereocenters. The van der Waals surface area contributed by atoms with E-state index in [9.17, 15) is 9.59 Å². The Balaban J connectivity index is 1.71. The van der Waals surface area contributed by atoms with Crippen LogP contribution in [0.15, 0.2) is 24.3 Å². The minimum absolute atomic E-state index is 0.0692. The summed E-state index contributed by atoms with van der Waals surface area (Å²) in [5.74, 6) is -0.482. The van der Waals surface area contributed by atoms with Crippen LogP contribution in [0.1, 0.15) is 31.2 Å². The first kappa shape index (κ1) is 13.0. The van der Waals surface area contributed by atoms with E-state index in [0.29, 0.717) is 19.4 Å². The van der Waals surface area contributed by atoms with Crippen LogP contribution in [0.3, 0.4) is 0 Å². The third kappa shape index (κ3) is 1.94. The highest BCUT2D eigenvalue weighted by Gasteiger charge is 2.57. The molecule has 1 saturated carbocycles. The number of ether oxygens (including phenoxy) is 1. The number of benzene rings is 1. The van der Waals surface area contributed by atoms with Gasteiger partial charge in [0, 0.05) is 17.5 Å². The molecule has 1 aliphatic heterocycles. The summed E-state index contributed by atoms with van der Waals surface area (Å²) in [5, 5.41) is 12.0. The summed E-state index contributed by atoms with van der Waals surface area (Å²) in [4.78, 5) is 23.3. The van der Waals surface area contributed by atoms with Crippen LogP contribution in [0.5, 0.6) is 5.75 Å². The molecule has 1 aromatic rings. The van der Waals surface area contributed by atoms with Crippen molar-refractivity contribution in [2.45, 2.75) is 31.7 Å². The van der Waals surface area contributed by atoms with E-state index in [4.69, 9.17) is 9.84 Å². The highest BCUT2D eigenvalue weighted by molar-refractivity contribution is 6.04. The van der Waals surface area contributed by atoms with Gasteiger partial charge in [0.2, 0.25) is 5.91 Å². The maximum Gasteiger partial charge on any atom is 0.319 e. The SMILES string of the molecule is CC(NC(=O)C1(C(=O)O)CC1)C1COc2ccccc21. The molecule has 1 fully saturated rings. The fourth-order valence-corrected chi connectivity index (χ4v) is 2.71. The van der Waals surface area contributed by atoms with E-state index in [0.717, 1.165) is 11.3 Å². The Bertz CT molecular complexity index is 565. The van der Waals surface area contributed by atoms with Gasteiger partial charge in [-0.15, -0.1) is 0 Å². The van der Waals surface area contributed by atoms with Crippen molar-refractivity contribution in [1.82, 2.24) is 5.32 Å². The van der Waals surface area contributed by atoms with Crippen molar-refractivity contribution in [1.29, 1.82) is 0 Å². The van der Waals surface area contributed by atoms with E-state index in [1.54, 1.807) is 0 Å². The molecule has 0 spiro atoms. The number of fused-ring (bicyclic) bond motifs is 1. The number of hydrogen-bond acceptors (Lipinski definition) is 3. The quantitative estimate of drug-likeness (QED) is 0.817. The van der Waals surface area contributed by atoms with Crippen LogP contribution in [0.2, 0.25) is 0 Å². The number of carbonyl (C=O) groups excluding carboxylic acids is 1. The number of carboxylic acid groups (broad SMARTS) is 1. The fourth-order valence-electron chi connectivity index (χ4n) is 2.71. The molecule has 2 N–H and O–H groups in total. The van der Waals surface area contributed by atoms with E-state index in [1.807, 2.05) is 31.2 Å². The van der Waals surface area contributed by atoms with Crippen LogP contribution in [-0.4, -0.2) is 29.6 Å². The number of aliphatic carboxylic acids is 1. The zero-order valence-electron chi connectivity index (χ0n) is 11.3. The fraction of sp³-hybridized carbons (Fsp3) is 0.467. The monoisotopic (exact) mass is 275 g/mol. The highest BCUT2D eigenvalue weighted by atomic mass is 16.5. The van der Waals surface area contributed by atoms with Gasteiger partial charge in [-0.2, -0.15) is 0 Å². The Morgan fingerprint density at radius 1 is 1.40 bits per heavy atom. The summed E-state index contributed by atoms with van der Waals surface area (Å²) in [7, 11) is 0. The second-order valence-corrected chi connectivity index (χ2v) is 5.60. The molecule has 0 bridgehead atoms. The second-order valence-electron chi connectivity index (χ2n) is 5.60. The Morgan fingerprint density at radius 2 is 2.10 bits per heavy atom. The third-order valence-corrected chi connectivity index (χ3v) is 4.29. The predicted octanol–water partition coefficient (Wildman–Crippen LogP) is 1.53. The van der Waals surface area contributed by atoms with Crippen molar-refractivity contribution in [2.24, 2.45) is 5.41 Å². The second kappa shape index (κ2) is 4.51. The van der Waals surface area contributed by atoms with Gasteiger partial charge in [0.1, 0.15) is 11.2 Å². The van der Waals surface area contributed by atoms with Gasteiger partial charge in [-0.25, -0.2) is 0 Å². The molecule has 1 heterocycles. The standard InChI is InChI=1S/C15H17NO4/c1-9(16-13(17)15(6-7-15)14(18)19)11-8-20-12-5-3-2-4-10(11)12/h2-5,9,11H,6-8H2,1H3,(H,16,17)(H,18,19). The maximum atomic E-state index is 12.1. The number of para-hydroxylation sites is 1. The molecule has 0 aromatic heterocycles. The normalized spacial score (nSPS) is 23.4. The lowest BCUT2D eigenvalue weighted by Crippen LogP contribution is -2.44. The average Bonchev–Trinajstić information content (AvgIpc) is 3.13. The minimum atomic E-state index is -1.19. The van der Waals surface area contributed by atoms with Crippen LogP contribution in [0.4, 0.5) is 0 Å². The summed E-state index contributed by atoms with van der Waals surface area (Å²) in [6.07, 6.45) is 0.858. The first-order valence-corrected chi connectivity index (χ1v) is 6.81. The number of carboxylic acids is 1. The highest BCUT2D eigenvalue weighted by Crippen LogP contribution is 2.46. The first-order chi connectivity index (χ1) is 9.54. The smallest absolute Gasteiger partial charge is 0.319 e. The van der Waals surface area contributed by atoms with Gasteiger partial charge < -0.3 is 15.2 Å². The third-order valence-electron chi connectivity index (χ3n) is 4.29. The van der Waals surface area contributed by atoms with Crippen molar-refractivity contribution >= 4 is 11.9 Å². The van der Waals surface area contributed by atoms with Crippen molar-refractivity contribution in [3.63, 3.8) is 0 Å². The lowest BCUT2D eigenvalue weighted by Gasteiger charge is -2.22. The van der Waals surface area contributed by atoms with Crippen LogP contribution < -0.4 is 10.1 Å². The number of amides is 1. The zero-order valence-corrected chi connectivity index (χ0v) is 11.3. The molecule has 20 heavy (non-hydrogen) atoms. The Morgan fingerprint density at radius 3 is 2.75 bits per heavy atom. The van der Waals surface area contributed by atoms with Gasteiger partial charge in [0.25, 0.3) is 0 Å². The summed E-state index contributed by atoms with van der Waals surface area (Å²) in [5.41, 5.74) is -0.117. The lowest BCUT2D eigenvalue weighted by molar-refractivity contribution is -0.149. The Labute approximate surface area is 116 Å². The number of hydrogen-bond donors (Lipinski definition) is 2. The molecule has 2 unspecified atom stereocenters. The number of carbonyl (C=O) groups is 2. The van der Waals surface area contributed by atoms with E-state index in [-0.39, 0.29) is 17.9 Å². The summed E-state index contributed by atoms with van der Waals surface area (Å²) >= 11 is 0. The molecule has 0 saturated heterocycles. The molecular formula is C15H17NO4. The van der Waals surface area contributed by atoms with Crippen LogP contribution in [0.25, 0.3) is 0 Å². The van der Waals surface area contributed by atoms with Crippen LogP contribution >= 0.6 is 0 Å². The van der Waals surface area contributed by atoms with Crippen molar-refractivity contribution < 1.29 is 19.4 Å². The van der Waals surface area contributed by atoms with Crippen molar-refractivity contribution in [2.75, 3.05) is 6.61 Å². The molecule has 2 aliphatic rings. The summed E-state index contributed by atoms with van der Waals surface area (Å²) < 4.78 is 5.59. The topological polar surface area (TPSA) is 75.6 Å². The maximum absolute atomic E-state index is 12.1. The van der Waals surface area contributed by atoms with E-state index in [2.05, 4.69) is 5.32 Å². The molecule has 3 rings (SSSR count). The van der Waals surface area contributed by atoms with Gasteiger partial charge in [-0.3, -0.25) is 9.59 Å². The van der Waals surface area contributed by atoms with Gasteiger partial charge in [-0.1, -0.05) is 18.2 Å². The van der Waals surface area contributed by atoms with E-state index >= 15 is 0 Å². The number of rotatable bonds is 4. The van der Waals surface area contributed by atoms with Crippen LogP contribution in [-0.2, 0) is 9.59 Å². The summed E-state index contributed by atoms with van der Waals surface area (Å²) in [6, 6.07) is 7.59. The Hall–Kier alpha value is -2.04. The van der Waals surface area contributed by atoms with Crippen molar-refractivity contribution in [3.05, 3.63) is 29.8 Å². The molecule has 1 aliphatic carbocycles. The molecule has 0 radical (unpaired) electrons. The molecule has 1 amide bonds. The molecule has 1 aromatic carbocycles. The first-order valence-electron chi connectivity index (χ1n) is 6.81. The van der Waals surface area contributed by atoms with Gasteiger partial charge in [0.15, 0.2) is 0 Å². The number of nitrogens with one attached hydrogen (secondary N) is 1. The van der Waals surface area contributed by atoms with Gasteiger partial charge in [0.05, 0.1) is 6.61 Å². The van der Waals surface area contributed by atoms with Gasteiger partial charge >= 0.3 is 5.97 Å². The summed E-state index contributed by atoms with van der Waals surface area (Å²) in [6.45, 7) is 2.41. The lowest BCUT2D eigenvalue weighted by atomic mass is 9.93. The predicted molar refractivity (Wildman–Crippen MR) is 71.6 cm³/mol. The van der Waals surface area contributed by atoms with Crippen molar-refractivity contribution in [3.8, 4) is 5.75 Å². The average molecular weight is 275 g/mol. The van der Waals surface area contributed by atoms with Gasteiger partial charge in [-0.05, 0) is 25.8 Å². The Kier molecular flexibility index (Phi) is 2.92. The molecule has 106 valence electrons. The molecular weight excluding hydrogens is 258 g/mol. The van der Waals surface area contributed by atoms with E-state index in [1.165, 1.54) is 0 Å². The molecule has 5 heteroatoms. The zero-order chi connectivity index (χ0) is 14.3.